The Morgan fingerprint density at radius 1 is 1.45 bits per heavy atom. The monoisotopic (exact) mass is 155 g/mol. The standard InChI is InChI=1S/C8H13NO2/c9-2-1-7-3-8(4-7,5-7)6(10)11/h1-5,9H2,(H,10,11). The van der Waals surface area contributed by atoms with Crippen LogP contribution in [0.2, 0.25) is 0 Å². The smallest absolute Gasteiger partial charge is 0.309 e. The first-order valence-electron chi connectivity index (χ1n) is 4.06. The van der Waals surface area contributed by atoms with Crippen LogP contribution >= 0.6 is 0 Å². The molecule has 3 N–H and O–H groups in total. The van der Waals surface area contributed by atoms with Crippen molar-refractivity contribution >= 4 is 5.97 Å². The number of carboxylic acids is 1. The number of hydrogen-bond donors (Lipinski definition) is 2. The van der Waals surface area contributed by atoms with Crippen molar-refractivity contribution in [3.63, 3.8) is 0 Å². The van der Waals surface area contributed by atoms with Gasteiger partial charge in [0.05, 0.1) is 5.41 Å². The van der Waals surface area contributed by atoms with Gasteiger partial charge in [-0.15, -0.1) is 0 Å². The molecule has 11 heavy (non-hydrogen) atoms. The molecular weight excluding hydrogens is 142 g/mol. The number of aliphatic carboxylic acids is 1. The highest BCUT2D eigenvalue weighted by Crippen LogP contribution is 2.74. The maximum Gasteiger partial charge on any atom is 0.309 e. The summed E-state index contributed by atoms with van der Waals surface area (Å²) in [6, 6.07) is 0. The van der Waals surface area contributed by atoms with Crippen LogP contribution < -0.4 is 5.73 Å². The summed E-state index contributed by atoms with van der Waals surface area (Å²) in [5.41, 5.74) is 5.46. The van der Waals surface area contributed by atoms with E-state index in [4.69, 9.17) is 10.8 Å². The van der Waals surface area contributed by atoms with Crippen LogP contribution in [0.4, 0.5) is 0 Å². The first kappa shape index (κ1) is 7.10. The highest BCUT2D eigenvalue weighted by atomic mass is 16.4. The van der Waals surface area contributed by atoms with E-state index in [9.17, 15) is 4.79 Å². The minimum atomic E-state index is -0.601. The van der Waals surface area contributed by atoms with E-state index in [2.05, 4.69) is 0 Å². The zero-order valence-electron chi connectivity index (χ0n) is 6.47. The van der Waals surface area contributed by atoms with Crippen molar-refractivity contribution in [2.24, 2.45) is 16.6 Å². The van der Waals surface area contributed by atoms with Gasteiger partial charge in [0.1, 0.15) is 0 Å². The Bertz CT molecular complexity index is 192. The molecule has 0 spiro atoms. The Kier molecular flexibility index (Phi) is 1.15. The van der Waals surface area contributed by atoms with E-state index in [1.165, 1.54) is 0 Å². The van der Waals surface area contributed by atoms with E-state index >= 15 is 0 Å². The van der Waals surface area contributed by atoms with Crippen molar-refractivity contribution in [2.45, 2.75) is 25.7 Å². The number of carboxylic acid groups (broad SMARTS) is 1. The summed E-state index contributed by atoms with van der Waals surface area (Å²) in [5.74, 6) is -0.601. The molecule has 0 saturated heterocycles. The third-order valence-electron chi connectivity index (χ3n) is 3.27. The van der Waals surface area contributed by atoms with Gasteiger partial charge < -0.3 is 10.8 Å². The molecule has 0 aromatic carbocycles. The molecule has 3 saturated carbocycles. The lowest BCUT2D eigenvalue weighted by atomic mass is 9.34. The topological polar surface area (TPSA) is 63.3 Å². The molecule has 3 heteroatoms. The number of carbonyl (C=O) groups is 1. The Balaban J connectivity index is 1.94. The molecule has 3 aliphatic rings. The number of rotatable bonds is 3. The summed E-state index contributed by atoms with van der Waals surface area (Å²) in [5, 5.41) is 8.78. The second-order valence-corrected chi connectivity index (χ2v) is 4.15. The van der Waals surface area contributed by atoms with Crippen LogP contribution in [-0.4, -0.2) is 17.6 Å². The van der Waals surface area contributed by atoms with Crippen molar-refractivity contribution in [1.29, 1.82) is 0 Å². The van der Waals surface area contributed by atoms with Gasteiger partial charge in [-0.3, -0.25) is 4.79 Å². The second kappa shape index (κ2) is 1.78. The first-order valence-corrected chi connectivity index (χ1v) is 4.06. The lowest BCUT2D eigenvalue weighted by Crippen LogP contribution is -2.65. The Morgan fingerprint density at radius 3 is 2.36 bits per heavy atom. The fourth-order valence-corrected chi connectivity index (χ4v) is 2.80. The van der Waals surface area contributed by atoms with Crippen molar-refractivity contribution in [3.8, 4) is 0 Å². The molecule has 3 rings (SSSR count). The van der Waals surface area contributed by atoms with E-state index in [-0.39, 0.29) is 5.41 Å². The SMILES string of the molecule is NCCC12CC(C(=O)O)(C1)C2. The maximum atomic E-state index is 10.7. The minimum Gasteiger partial charge on any atom is -0.481 e. The summed E-state index contributed by atoms with van der Waals surface area (Å²) in [4.78, 5) is 10.7. The molecule has 3 aliphatic carbocycles. The third-order valence-corrected chi connectivity index (χ3v) is 3.27. The first-order chi connectivity index (χ1) is 5.13. The second-order valence-electron chi connectivity index (χ2n) is 4.15. The molecule has 0 radical (unpaired) electrons. The van der Waals surface area contributed by atoms with Gasteiger partial charge in [0.2, 0.25) is 0 Å². The van der Waals surface area contributed by atoms with Gasteiger partial charge in [0.25, 0.3) is 0 Å². The van der Waals surface area contributed by atoms with Crippen molar-refractivity contribution in [1.82, 2.24) is 0 Å². The lowest BCUT2D eigenvalue weighted by molar-refractivity contribution is -0.224. The molecule has 3 nitrogen and oxygen atoms in total. The lowest BCUT2D eigenvalue weighted by Gasteiger charge is -2.68. The zero-order chi connectivity index (χ0) is 8.11. The predicted molar refractivity (Wildman–Crippen MR) is 40.0 cm³/mol. The molecule has 0 aromatic rings. The number of nitrogens with two attached hydrogens (primary N) is 1. The number of hydrogen-bond acceptors (Lipinski definition) is 2. The Labute approximate surface area is 65.6 Å². The molecular formula is C8H13NO2. The van der Waals surface area contributed by atoms with Crippen molar-refractivity contribution in [2.75, 3.05) is 6.54 Å². The van der Waals surface area contributed by atoms with E-state index < -0.39 is 5.97 Å². The van der Waals surface area contributed by atoms with Gasteiger partial charge in [0.15, 0.2) is 0 Å². The molecule has 0 amide bonds. The third kappa shape index (κ3) is 0.692. The fourth-order valence-electron chi connectivity index (χ4n) is 2.80. The summed E-state index contributed by atoms with van der Waals surface area (Å²) in [6.45, 7) is 0.704. The predicted octanol–water partition coefficient (Wildman–Crippen LogP) is 0.590. The molecule has 2 bridgehead atoms. The van der Waals surface area contributed by atoms with Gasteiger partial charge in [-0.1, -0.05) is 0 Å². The summed E-state index contributed by atoms with van der Waals surface area (Å²) < 4.78 is 0. The average molecular weight is 155 g/mol. The van der Waals surface area contributed by atoms with Crippen molar-refractivity contribution < 1.29 is 9.90 Å². The zero-order valence-corrected chi connectivity index (χ0v) is 6.47. The van der Waals surface area contributed by atoms with Crippen LogP contribution in [0, 0.1) is 10.8 Å². The van der Waals surface area contributed by atoms with E-state index in [0.29, 0.717) is 12.0 Å². The summed E-state index contributed by atoms with van der Waals surface area (Å²) >= 11 is 0. The molecule has 3 fully saturated rings. The van der Waals surface area contributed by atoms with Gasteiger partial charge in [-0.2, -0.15) is 0 Å². The van der Waals surface area contributed by atoms with Crippen LogP contribution in [0.25, 0.3) is 0 Å². The highest BCUT2D eigenvalue weighted by molar-refractivity contribution is 5.79. The van der Waals surface area contributed by atoms with Gasteiger partial charge in [-0.05, 0) is 37.6 Å². The molecule has 62 valence electrons. The maximum absolute atomic E-state index is 10.7. The van der Waals surface area contributed by atoms with Crippen molar-refractivity contribution in [3.05, 3.63) is 0 Å². The van der Waals surface area contributed by atoms with Crippen LogP contribution in [0.3, 0.4) is 0 Å². The molecule has 0 atom stereocenters. The molecule has 0 heterocycles. The van der Waals surface area contributed by atoms with E-state index in [1.807, 2.05) is 0 Å². The minimum absolute atomic E-state index is 0.310. The highest BCUT2D eigenvalue weighted by Gasteiger charge is 2.70. The fraction of sp³-hybridized carbons (Fsp3) is 0.875. The largest absolute Gasteiger partial charge is 0.481 e. The van der Waals surface area contributed by atoms with E-state index in [0.717, 1.165) is 25.7 Å². The Morgan fingerprint density at radius 2 is 2.00 bits per heavy atom. The van der Waals surface area contributed by atoms with Gasteiger partial charge in [0, 0.05) is 0 Å². The van der Waals surface area contributed by atoms with Crippen LogP contribution in [0.15, 0.2) is 0 Å². The van der Waals surface area contributed by atoms with Crippen LogP contribution in [0.5, 0.6) is 0 Å². The normalized spacial score (nSPS) is 45.9. The summed E-state index contributed by atoms with van der Waals surface area (Å²) in [6.07, 6.45) is 3.66. The van der Waals surface area contributed by atoms with Crippen LogP contribution in [0.1, 0.15) is 25.7 Å². The van der Waals surface area contributed by atoms with Gasteiger partial charge in [-0.25, -0.2) is 0 Å². The molecule has 0 aliphatic heterocycles. The van der Waals surface area contributed by atoms with E-state index in [1.54, 1.807) is 0 Å². The quantitative estimate of drug-likeness (QED) is 0.627. The Hall–Kier alpha value is -0.570. The summed E-state index contributed by atoms with van der Waals surface area (Å²) in [7, 11) is 0. The van der Waals surface area contributed by atoms with Gasteiger partial charge >= 0.3 is 5.97 Å². The van der Waals surface area contributed by atoms with Crippen LogP contribution in [-0.2, 0) is 4.79 Å². The average Bonchev–Trinajstić information content (AvgIpc) is 1.73. The molecule has 0 aromatic heterocycles. The molecule has 0 unspecified atom stereocenters.